The highest BCUT2D eigenvalue weighted by Gasteiger charge is 2.30. The van der Waals surface area contributed by atoms with Crippen LogP contribution in [0.15, 0.2) is 22.5 Å². The van der Waals surface area contributed by atoms with E-state index in [1.165, 1.54) is 11.1 Å². The van der Waals surface area contributed by atoms with Crippen molar-refractivity contribution in [3.8, 4) is 0 Å². The Bertz CT molecular complexity index is 534. The smallest absolute Gasteiger partial charge is 0.191 e. The maximum atomic E-state index is 11.7. The molecule has 114 valence electrons. The van der Waals surface area contributed by atoms with Crippen LogP contribution < -0.4 is 10.6 Å². The maximum absolute atomic E-state index is 11.7. The van der Waals surface area contributed by atoms with Gasteiger partial charge in [0.25, 0.3) is 0 Å². The number of sulfone groups is 1. The number of hydrogen-bond acceptors (Lipinski definition) is 4. The first-order chi connectivity index (χ1) is 9.26. The quantitative estimate of drug-likeness (QED) is 0.618. The van der Waals surface area contributed by atoms with Crippen molar-refractivity contribution in [2.45, 2.75) is 32.1 Å². The minimum atomic E-state index is -3.11. The summed E-state index contributed by atoms with van der Waals surface area (Å²) in [4.78, 5) is 5.62. The lowest BCUT2D eigenvalue weighted by molar-refractivity contribution is 0.544. The standard InChI is InChI=1S/C13H23N3O2S2/c1-5-14-12(15-9-11-7-6-8-19-11)16-10-13(2,3)20(4,17)18/h6-8H,5,9-10H2,1-4H3,(H2,14,15,16). The fourth-order valence-electron chi connectivity index (χ4n) is 1.33. The van der Waals surface area contributed by atoms with E-state index in [4.69, 9.17) is 0 Å². The molecule has 0 saturated carbocycles. The van der Waals surface area contributed by atoms with Crippen molar-refractivity contribution < 1.29 is 8.42 Å². The van der Waals surface area contributed by atoms with E-state index in [0.717, 1.165) is 6.54 Å². The van der Waals surface area contributed by atoms with Gasteiger partial charge in [-0.3, -0.25) is 0 Å². The monoisotopic (exact) mass is 317 g/mol. The van der Waals surface area contributed by atoms with Crippen LogP contribution in [0, 0.1) is 0 Å². The topological polar surface area (TPSA) is 70.6 Å². The molecule has 20 heavy (non-hydrogen) atoms. The third kappa shape index (κ3) is 5.13. The number of hydrogen-bond donors (Lipinski definition) is 2. The average molecular weight is 317 g/mol. The zero-order valence-corrected chi connectivity index (χ0v) is 14.1. The average Bonchev–Trinajstić information content (AvgIpc) is 2.84. The number of guanidine groups is 1. The van der Waals surface area contributed by atoms with Crippen LogP contribution in [0.1, 0.15) is 25.6 Å². The molecule has 1 rings (SSSR count). The van der Waals surface area contributed by atoms with Gasteiger partial charge in [-0.05, 0) is 32.2 Å². The molecule has 7 heteroatoms. The molecule has 0 amide bonds. The number of thiophene rings is 1. The van der Waals surface area contributed by atoms with Gasteiger partial charge in [0.15, 0.2) is 15.8 Å². The molecule has 2 N–H and O–H groups in total. The van der Waals surface area contributed by atoms with Crippen molar-refractivity contribution in [1.29, 1.82) is 0 Å². The molecular formula is C13H23N3O2S2. The van der Waals surface area contributed by atoms with Gasteiger partial charge >= 0.3 is 0 Å². The minimum Gasteiger partial charge on any atom is -0.357 e. The van der Waals surface area contributed by atoms with Gasteiger partial charge in [0.2, 0.25) is 0 Å². The molecule has 0 aliphatic carbocycles. The van der Waals surface area contributed by atoms with E-state index in [1.54, 1.807) is 25.2 Å². The largest absolute Gasteiger partial charge is 0.357 e. The lowest BCUT2D eigenvalue weighted by Crippen LogP contribution is -2.47. The van der Waals surface area contributed by atoms with E-state index >= 15 is 0 Å². The lowest BCUT2D eigenvalue weighted by Gasteiger charge is -2.24. The summed E-state index contributed by atoms with van der Waals surface area (Å²) in [7, 11) is -3.11. The summed E-state index contributed by atoms with van der Waals surface area (Å²) in [6.07, 6.45) is 1.25. The van der Waals surface area contributed by atoms with Crippen molar-refractivity contribution in [1.82, 2.24) is 10.6 Å². The molecular weight excluding hydrogens is 294 g/mol. The Morgan fingerprint density at radius 3 is 2.60 bits per heavy atom. The molecule has 0 aliphatic rings. The van der Waals surface area contributed by atoms with Gasteiger partial charge in [0.05, 0.1) is 11.3 Å². The second-order valence-corrected chi connectivity index (χ2v) is 8.84. The SMILES string of the molecule is CCNC(=NCc1cccs1)NCC(C)(C)S(C)(=O)=O. The van der Waals surface area contributed by atoms with E-state index in [1.807, 2.05) is 24.4 Å². The van der Waals surface area contributed by atoms with Crippen LogP contribution in [0.5, 0.6) is 0 Å². The van der Waals surface area contributed by atoms with Gasteiger partial charge in [-0.1, -0.05) is 6.07 Å². The van der Waals surface area contributed by atoms with Gasteiger partial charge in [-0.25, -0.2) is 13.4 Å². The predicted octanol–water partition coefficient (Wildman–Crippen LogP) is 1.63. The molecule has 0 fully saturated rings. The Kier molecular flexibility index (Phi) is 6.01. The van der Waals surface area contributed by atoms with Crippen LogP contribution in [0.4, 0.5) is 0 Å². The van der Waals surface area contributed by atoms with Gasteiger partial charge in [-0.2, -0.15) is 0 Å². The molecule has 0 spiro atoms. The van der Waals surface area contributed by atoms with E-state index in [9.17, 15) is 8.42 Å². The molecule has 0 radical (unpaired) electrons. The Morgan fingerprint density at radius 1 is 1.40 bits per heavy atom. The second kappa shape index (κ2) is 7.08. The van der Waals surface area contributed by atoms with E-state index in [0.29, 0.717) is 19.0 Å². The number of nitrogens with one attached hydrogen (secondary N) is 2. The first kappa shape index (κ1) is 17.0. The fraction of sp³-hybridized carbons (Fsp3) is 0.615. The van der Waals surface area contributed by atoms with Crippen LogP contribution in [0.3, 0.4) is 0 Å². The van der Waals surface area contributed by atoms with Crippen LogP contribution >= 0.6 is 11.3 Å². The Hall–Kier alpha value is -1.08. The summed E-state index contributed by atoms with van der Waals surface area (Å²) in [6.45, 7) is 7.03. The van der Waals surface area contributed by atoms with Crippen molar-refractivity contribution in [2.24, 2.45) is 4.99 Å². The molecule has 0 aromatic carbocycles. The van der Waals surface area contributed by atoms with Gasteiger partial charge in [0, 0.05) is 24.2 Å². The summed E-state index contributed by atoms with van der Waals surface area (Å²) in [5.74, 6) is 0.637. The molecule has 1 heterocycles. The van der Waals surface area contributed by atoms with E-state index < -0.39 is 14.6 Å². The Morgan fingerprint density at radius 2 is 2.10 bits per heavy atom. The molecule has 0 unspecified atom stereocenters. The van der Waals surface area contributed by atoms with E-state index in [2.05, 4.69) is 15.6 Å². The highest BCUT2D eigenvalue weighted by molar-refractivity contribution is 7.92. The summed E-state index contributed by atoms with van der Waals surface area (Å²) >= 11 is 1.65. The summed E-state index contributed by atoms with van der Waals surface area (Å²) in [5.41, 5.74) is 0. The normalized spacial score (nSPS) is 13.3. The Balaban J connectivity index is 2.66. The number of aliphatic imine (C=N–C) groups is 1. The van der Waals surface area contributed by atoms with E-state index in [-0.39, 0.29) is 0 Å². The number of nitrogens with zero attached hydrogens (tertiary/aromatic N) is 1. The van der Waals surface area contributed by atoms with Crippen LogP contribution in [0.2, 0.25) is 0 Å². The summed E-state index contributed by atoms with van der Waals surface area (Å²) < 4.78 is 22.5. The van der Waals surface area contributed by atoms with Crippen molar-refractivity contribution in [3.05, 3.63) is 22.4 Å². The molecule has 1 aromatic rings. The van der Waals surface area contributed by atoms with Gasteiger partial charge in [-0.15, -0.1) is 11.3 Å². The number of rotatable bonds is 6. The zero-order chi connectivity index (χ0) is 15.2. The minimum absolute atomic E-state index is 0.322. The lowest BCUT2D eigenvalue weighted by atomic mass is 10.2. The first-order valence-corrected chi connectivity index (χ1v) is 9.27. The fourth-order valence-corrected chi connectivity index (χ4v) is 2.29. The second-order valence-electron chi connectivity index (χ2n) is 5.16. The van der Waals surface area contributed by atoms with Crippen LogP contribution in [0.25, 0.3) is 0 Å². The Labute approximate surface area is 125 Å². The summed E-state index contributed by atoms with van der Waals surface area (Å²) in [5, 5.41) is 8.22. The van der Waals surface area contributed by atoms with Crippen molar-refractivity contribution in [2.75, 3.05) is 19.3 Å². The third-order valence-electron chi connectivity index (χ3n) is 3.00. The van der Waals surface area contributed by atoms with Crippen LogP contribution in [-0.2, 0) is 16.4 Å². The maximum Gasteiger partial charge on any atom is 0.191 e. The zero-order valence-electron chi connectivity index (χ0n) is 12.4. The molecule has 0 saturated heterocycles. The van der Waals surface area contributed by atoms with Gasteiger partial charge in [0.1, 0.15) is 0 Å². The summed E-state index contributed by atoms with van der Waals surface area (Å²) in [6, 6.07) is 4.01. The van der Waals surface area contributed by atoms with Crippen LogP contribution in [-0.4, -0.2) is 38.5 Å². The molecule has 0 atom stereocenters. The molecule has 1 aromatic heterocycles. The third-order valence-corrected chi connectivity index (χ3v) is 6.02. The van der Waals surface area contributed by atoms with Gasteiger partial charge < -0.3 is 10.6 Å². The predicted molar refractivity (Wildman–Crippen MR) is 86.1 cm³/mol. The highest BCUT2D eigenvalue weighted by Crippen LogP contribution is 2.13. The molecule has 5 nitrogen and oxygen atoms in total. The van der Waals surface area contributed by atoms with Crippen molar-refractivity contribution in [3.63, 3.8) is 0 Å². The molecule has 0 bridgehead atoms. The first-order valence-electron chi connectivity index (χ1n) is 6.50. The van der Waals surface area contributed by atoms with Crippen molar-refractivity contribution >= 4 is 27.1 Å². The molecule has 0 aliphatic heterocycles. The highest BCUT2D eigenvalue weighted by atomic mass is 32.2.